The molecule has 1 atom stereocenters. The lowest BCUT2D eigenvalue weighted by molar-refractivity contribution is -0.140. The van der Waals surface area contributed by atoms with Crippen LogP contribution in [0.25, 0.3) is 0 Å². The van der Waals surface area contributed by atoms with Gasteiger partial charge in [-0.2, -0.15) is 0 Å². The fourth-order valence-corrected chi connectivity index (χ4v) is 5.72. The topological polar surface area (TPSA) is 96.0 Å². The predicted octanol–water partition coefficient (Wildman–Crippen LogP) is 4.84. The summed E-state index contributed by atoms with van der Waals surface area (Å²) in [6.07, 6.45) is 0.357. The summed E-state index contributed by atoms with van der Waals surface area (Å²) in [5, 5.41) is 2.90. The van der Waals surface area contributed by atoms with Crippen LogP contribution in [0.4, 0.5) is 5.69 Å². The highest BCUT2D eigenvalue weighted by molar-refractivity contribution is 7.92. The van der Waals surface area contributed by atoms with Crippen LogP contribution in [0.5, 0.6) is 5.75 Å². The van der Waals surface area contributed by atoms with E-state index in [2.05, 4.69) is 5.32 Å². The van der Waals surface area contributed by atoms with E-state index in [9.17, 15) is 18.0 Å². The Balaban J connectivity index is 2.05. The third-order valence-corrected chi connectivity index (χ3v) is 8.33. The molecular formula is C31H39N3O5S. The maximum Gasteiger partial charge on any atom is 0.264 e. The lowest BCUT2D eigenvalue weighted by atomic mass is 10.1. The first-order valence-corrected chi connectivity index (χ1v) is 14.8. The Morgan fingerprint density at radius 2 is 1.43 bits per heavy atom. The third kappa shape index (κ3) is 7.63. The molecule has 3 aromatic carbocycles. The zero-order valence-electron chi connectivity index (χ0n) is 24.0. The maximum atomic E-state index is 14.1. The Hall–Kier alpha value is -3.85. The highest BCUT2D eigenvalue weighted by Crippen LogP contribution is 2.26. The number of nitrogens with one attached hydrogen (secondary N) is 1. The molecule has 2 amide bonds. The molecule has 0 radical (unpaired) electrons. The van der Waals surface area contributed by atoms with Gasteiger partial charge in [0.1, 0.15) is 18.3 Å². The van der Waals surface area contributed by atoms with Gasteiger partial charge in [-0.3, -0.25) is 13.9 Å². The number of hydrogen-bond acceptors (Lipinski definition) is 5. The Kier molecular flexibility index (Phi) is 10.3. The maximum absolute atomic E-state index is 14.1. The van der Waals surface area contributed by atoms with E-state index in [1.807, 2.05) is 46.8 Å². The molecule has 0 bridgehead atoms. The second-order valence-corrected chi connectivity index (χ2v) is 12.0. The summed E-state index contributed by atoms with van der Waals surface area (Å²) in [6, 6.07) is 19.8. The second-order valence-electron chi connectivity index (χ2n) is 10.1. The molecule has 8 nitrogen and oxygen atoms in total. The first kappa shape index (κ1) is 30.7. The number of anilines is 1. The van der Waals surface area contributed by atoms with Gasteiger partial charge in [-0.05, 0) is 76.1 Å². The Bertz CT molecular complexity index is 1390. The van der Waals surface area contributed by atoms with Gasteiger partial charge in [0.15, 0.2) is 0 Å². The van der Waals surface area contributed by atoms with Gasteiger partial charge in [0.05, 0.1) is 17.7 Å². The van der Waals surface area contributed by atoms with Gasteiger partial charge in [-0.1, -0.05) is 54.4 Å². The molecule has 0 saturated heterocycles. The molecule has 9 heteroatoms. The monoisotopic (exact) mass is 565 g/mol. The van der Waals surface area contributed by atoms with Crippen LogP contribution in [0, 0.1) is 13.8 Å². The first-order valence-electron chi connectivity index (χ1n) is 13.3. The van der Waals surface area contributed by atoms with Gasteiger partial charge < -0.3 is 15.0 Å². The average Bonchev–Trinajstić information content (AvgIpc) is 2.92. The van der Waals surface area contributed by atoms with Crippen molar-refractivity contribution in [3.63, 3.8) is 0 Å². The number of amides is 2. The predicted molar refractivity (Wildman–Crippen MR) is 158 cm³/mol. The second kappa shape index (κ2) is 13.5. The van der Waals surface area contributed by atoms with Crippen LogP contribution in [0.3, 0.4) is 0 Å². The fraction of sp³-hybridized carbons (Fsp3) is 0.355. The number of carbonyl (C=O) groups is 2. The quantitative estimate of drug-likeness (QED) is 0.339. The fourth-order valence-electron chi connectivity index (χ4n) is 4.31. The summed E-state index contributed by atoms with van der Waals surface area (Å²) >= 11 is 0. The normalized spacial score (nSPS) is 12.1. The smallest absolute Gasteiger partial charge is 0.264 e. The van der Waals surface area contributed by atoms with E-state index in [0.717, 1.165) is 21.0 Å². The van der Waals surface area contributed by atoms with Crippen molar-refractivity contribution in [2.75, 3.05) is 18.0 Å². The molecule has 0 aromatic heterocycles. The molecule has 0 saturated carbocycles. The van der Waals surface area contributed by atoms with Crippen molar-refractivity contribution < 1.29 is 22.7 Å². The number of methoxy groups -OCH3 is 1. The minimum atomic E-state index is -4.10. The zero-order chi connectivity index (χ0) is 29.4. The average molecular weight is 566 g/mol. The van der Waals surface area contributed by atoms with E-state index in [0.29, 0.717) is 17.9 Å². The molecule has 0 fully saturated rings. The van der Waals surface area contributed by atoms with Gasteiger partial charge >= 0.3 is 0 Å². The molecule has 0 unspecified atom stereocenters. The van der Waals surface area contributed by atoms with Crippen molar-refractivity contribution in [1.29, 1.82) is 0 Å². The Morgan fingerprint density at radius 3 is 1.93 bits per heavy atom. The molecule has 3 aromatic rings. The van der Waals surface area contributed by atoms with Gasteiger partial charge in [0.25, 0.3) is 10.0 Å². The van der Waals surface area contributed by atoms with Crippen molar-refractivity contribution in [2.24, 2.45) is 0 Å². The van der Waals surface area contributed by atoms with Crippen LogP contribution >= 0.6 is 0 Å². The minimum absolute atomic E-state index is 0.0813. The number of aryl methyl sites for hydroxylation is 2. The molecule has 0 aliphatic rings. The standard InChI is InChI=1S/C31H39N3O5S/c1-7-29(31(36)32-22(2)3)33(20-25-12-16-27(39-6)17-13-25)30(35)21-34(26-14-8-23(4)9-15-26)40(37,38)28-18-10-24(5)11-19-28/h8-19,22,29H,7,20-21H2,1-6H3,(H,32,36)/t29-/m1/s1. The number of hydrogen-bond donors (Lipinski definition) is 1. The molecule has 40 heavy (non-hydrogen) atoms. The molecule has 214 valence electrons. The summed E-state index contributed by atoms with van der Waals surface area (Å²) in [5.74, 6) is -0.110. The summed E-state index contributed by atoms with van der Waals surface area (Å²) in [4.78, 5) is 28.8. The van der Waals surface area contributed by atoms with E-state index in [1.165, 1.54) is 17.0 Å². The Labute approximate surface area is 238 Å². The van der Waals surface area contributed by atoms with Crippen LogP contribution in [0.1, 0.15) is 43.9 Å². The van der Waals surface area contributed by atoms with Crippen molar-refractivity contribution in [3.8, 4) is 5.75 Å². The van der Waals surface area contributed by atoms with Gasteiger partial charge in [0.2, 0.25) is 11.8 Å². The van der Waals surface area contributed by atoms with E-state index >= 15 is 0 Å². The molecular weight excluding hydrogens is 526 g/mol. The van der Waals surface area contributed by atoms with Crippen LogP contribution in [0.2, 0.25) is 0 Å². The highest BCUT2D eigenvalue weighted by Gasteiger charge is 2.33. The van der Waals surface area contributed by atoms with Crippen LogP contribution in [-0.2, 0) is 26.2 Å². The van der Waals surface area contributed by atoms with Crippen LogP contribution in [-0.4, -0.2) is 50.9 Å². The first-order chi connectivity index (χ1) is 19.0. The van der Waals surface area contributed by atoms with E-state index < -0.39 is 28.5 Å². The summed E-state index contributed by atoms with van der Waals surface area (Å²) in [6.45, 7) is 8.98. The Morgan fingerprint density at radius 1 is 0.875 bits per heavy atom. The number of nitrogens with zero attached hydrogens (tertiary/aromatic N) is 2. The molecule has 1 N–H and O–H groups in total. The van der Waals surface area contributed by atoms with Crippen molar-refractivity contribution >= 4 is 27.5 Å². The SMILES string of the molecule is CC[C@H](C(=O)NC(C)C)N(Cc1ccc(OC)cc1)C(=O)CN(c1ccc(C)cc1)S(=O)(=O)c1ccc(C)cc1. The number of sulfonamides is 1. The van der Waals surface area contributed by atoms with Gasteiger partial charge in [-0.25, -0.2) is 8.42 Å². The largest absolute Gasteiger partial charge is 0.497 e. The minimum Gasteiger partial charge on any atom is -0.497 e. The number of carbonyl (C=O) groups excluding carboxylic acids is 2. The molecule has 3 rings (SSSR count). The van der Waals surface area contributed by atoms with E-state index in [-0.39, 0.29) is 23.4 Å². The van der Waals surface area contributed by atoms with Crippen molar-refractivity contribution in [2.45, 2.75) is 64.6 Å². The summed E-state index contributed by atoms with van der Waals surface area (Å²) in [5.41, 5.74) is 3.03. The lowest BCUT2D eigenvalue weighted by Gasteiger charge is -2.33. The molecule has 0 heterocycles. The molecule has 0 spiro atoms. The van der Waals surface area contributed by atoms with Crippen molar-refractivity contribution in [1.82, 2.24) is 10.2 Å². The van der Waals surface area contributed by atoms with E-state index in [1.54, 1.807) is 55.6 Å². The van der Waals surface area contributed by atoms with Gasteiger partial charge in [-0.15, -0.1) is 0 Å². The van der Waals surface area contributed by atoms with E-state index in [4.69, 9.17) is 4.74 Å². The number of ether oxygens (including phenoxy) is 1. The number of rotatable bonds is 12. The number of benzene rings is 3. The molecule has 0 aliphatic heterocycles. The van der Waals surface area contributed by atoms with Crippen molar-refractivity contribution in [3.05, 3.63) is 89.5 Å². The third-order valence-electron chi connectivity index (χ3n) is 6.54. The molecule has 0 aliphatic carbocycles. The zero-order valence-corrected chi connectivity index (χ0v) is 24.9. The summed E-state index contributed by atoms with van der Waals surface area (Å²) < 4.78 is 34.2. The lowest BCUT2D eigenvalue weighted by Crippen LogP contribution is -2.53. The summed E-state index contributed by atoms with van der Waals surface area (Å²) in [7, 11) is -2.53. The highest BCUT2D eigenvalue weighted by atomic mass is 32.2. The van der Waals surface area contributed by atoms with Crippen LogP contribution in [0.15, 0.2) is 77.7 Å². The van der Waals surface area contributed by atoms with Crippen LogP contribution < -0.4 is 14.4 Å². The van der Waals surface area contributed by atoms with Gasteiger partial charge in [0, 0.05) is 12.6 Å².